The Balaban J connectivity index is 4.82. The van der Waals surface area contributed by atoms with E-state index in [1.165, 1.54) is 5.92 Å². The minimum atomic E-state index is -5.43. The highest BCUT2D eigenvalue weighted by Gasteiger charge is 2.45. The summed E-state index contributed by atoms with van der Waals surface area (Å²) in [6, 6.07) is 0. The molecule has 62 valence electrons. The first-order valence-corrected chi connectivity index (χ1v) is 3.56. The Morgan fingerprint density at radius 3 is 2.18 bits per heavy atom. The number of nitrogens with zero attached hydrogens (tertiary/aromatic N) is 1. The van der Waals surface area contributed by atoms with Crippen LogP contribution in [0, 0.1) is 12.3 Å². The van der Waals surface area contributed by atoms with Crippen molar-refractivity contribution in [1.29, 1.82) is 0 Å². The molecule has 0 saturated carbocycles. The average molecular weight is 185 g/mol. The van der Waals surface area contributed by atoms with Crippen LogP contribution in [-0.4, -0.2) is 20.1 Å². The van der Waals surface area contributed by atoms with E-state index in [4.69, 9.17) is 0 Å². The van der Waals surface area contributed by atoms with Gasteiger partial charge in [-0.1, -0.05) is 5.92 Å². The summed E-state index contributed by atoms with van der Waals surface area (Å²) < 4.78 is 56.3. The molecule has 11 heavy (non-hydrogen) atoms. The third-order valence-electron chi connectivity index (χ3n) is 0.559. The second-order valence-corrected chi connectivity index (χ2v) is 2.95. The highest BCUT2D eigenvalue weighted by molar-refractivity contribution is 7.91. The van der Waals surface area contributed by atoms with E-state index >= 15 is 0 Å². The number of rotatable bonds is 1. The van der Waals surface area contributed by atoms with Crippen molar-refractivity contribution in [2.45, 2.75) is 5.51 Å². The van der Waals surface area contributed by atoms with Crippen molar-refractivity contribution < 1.29 is 21.6 Å². The molecular formula is C4H2F3NO2S. The van der Waals surface area contributed by atoms with E-state index < -0.39 is 15.5 Å². The van der Waals surface area contributed by atoms with Crippen molar-refractivity contribution in [3.63, 3.8) is 0 Å². The van der Waals surface area contributed by atoms with Crippen molar-refractivity contribution in [2.75, 3.05) is 0 Å². The van der Waals surface area contributed by atoms with Crippen LogP contribution in [-0.2, 0) is 10.0 Å². The van der Waals surface area contributed by atoms with Crippen LogP contribution in [0.2, 0.25) is 0 Å². The molecule has 0 spiro atoms. The Kier molecular flexibility index (Phi) is 2.65. The van der Waals surface area contributed by atoms with E-state index in [0.29, 0.717) is 0 Å². The summed E-state index contributed by atoms with van der Waals surface area (Å²) in [6.45, 7) is 0. The van der Waals surface area contributed by atoms with Crippen LogP contribution in [0.25, 0.3) is 0 Å². The smallest absolute Gasteiger partial charge is 0.195 e. The normalized spacial score (nSPS) is 13.3. The van der Waals surface area contributed by atoms with Gasteiger partial charge in [0.25, 0.3) is 0 Å². The summed E-state index contributed by atoms with van der Waals surface area (Å²) in [6.07, 6.45) is 4.67. The van der Waals surface area contributed by atoms with Crippen LogP contribution >= 0.6 is 0 Å². The summed E-state index contributed by atoms with van der Waals surface area (Å²) in [7, 11) is -5.43. The molecule has 7 heteroatoms. The molecule has 0 rings (SSSR count). The van der Waals surface area contributed by atoms with Gasteiger partial charge in [-0.2, -0.15) is 26.0 Å². The lowest BCUT2D eigenvalue weighted by molar-refractivity contribution is -0.0435. The summed E-state index contributed by atoms with van der Waals surface area (Å²) in [5.41, 5.74) is -5.37. The maximum Gasteiger partial charge on any atom is 0.518 e. The number of sulfonamides is 1. The van der Waals surface area contributed by atoms with Gasteiger partial charge in [0.15, 0.2) is 0 Å². The molecule has 0 aliphatic carbocycles. The van der Waals surface area contributed by atoms with Crippen LogP contribution in [0.15, 0.2) is 4.40 Å². The number of hydrogen-bond donors (Lipinski definition) is 0. The van der Waals surface area contributed by atoms with Crippen molar-refractivity contribution >= 4 is 16.2 Å². The predicted molar refractivity (Wildman–Crippen MR) is 32.3 cm³/mol. The maximum atomic E-state index is 11.4. The molecule has 0 aliphatic rings. The largest absolute Gasteiger partial charge is 0.518 e. The van der Waals surface area contributed by atoms with E-state index in [9.17, 15) is 21.6 Å². The number of hydrogen-bond acceptors (Lipinski definition) is 2. The zero-order chi connectivity index (χ0) is 9.12. The fraction of sp³-hybridized carbons (Fsp3) is 0.250. The second-order valence-electron chi connectivity index (χ2n) is 1.32. The van der Waals surface area contributed by atoms with Gasteiger partial charge in [-0.15, -0.1) is 6.42 Å². The zero-order valence-electron chi connectivity index (χ0n) is 4.96. The molecule has 0 aromatic carbocycles. The van der Waals surface area contributed by atoms with E-state index in [-0.39, 0.29) is 6.21 Å². The van der Waals surface area contributed by atoms with Crippen LogP contribution in [0.4, 0.5) is 13.2 Å². The lowest BCUT2D eigenvalue weighted by atomic mass is 10.8. The van der Waals surface area contributed by atoms with Gasteiger partial charge in [-0.05, 0) is 0 Å². The summed E-state index contributed by atoms with van der Waals surface area (Å²) in [4.78, 5) is 0. The van der Waals surface area contributed by atoms with Gasteiger partial charge in [-0.25, -0.2) is 0 Å². The molecule has 0 fully saturated rings. The van der Waals surface area contributed by atoms with Crippen molar-refractivity contribution in [2.24, 2.45) is 4.40 Å². The van der Waals surface area contributed by atoms with E-state index in [2.05, 4.69) is 10.8 Å². The Morgan fingerprint density at radius 2 is 1.91 bits per heavy atom. The zero-order valence-corrected chi connectivity index (χ0v) is 5.78. The molecular weight excluding hydrogens is 183 g/mol. The second kappa shape index (κ2) is 2.92. The molecule has 0 amide bonds. The lowest BCUT2D eigenvalue weighted by Crippen LogP contribution is -2.20. The van der Waals surface area contributed by atoms with E-state index in [0.717, 1.165) is 0 Å². The number of terminal acetylenes is 1. The SMILES string of the molecule is C#CC=NS(=O)(=O)C(F)(F)F. The van der Waals surface area contributed by atoms with Crippen molar-refractivity contribution in [3.05, 3.63) is 0 Å². The van der Waals surface area contributed by atoms with Crippen LogP contribution in [0.1, 0.15) is 0 Å². The van der Waals surface area contributed by atoms with Gasteiger partial charge >= 0.3 is 15.5 Å². The molecule has 3 nitrogen and oxygen atoms in total. The molecule has 0 aliphatic heterocycles. The Hall–Kier alpha value is -1.03. The van der Waals surface area contributed by atoms with Crippen molar-refractivity contribution in [3.8, 4) is 12.3 Å². The topological polar surface area (TPSA) is 46.5 Å². The van der Waals surface area contributed by atoms with Gasteiger partial charge in [0.1, 0.15) is 0 Å². The first-order valence-electron chi connectivity index (χ1n) is 2.12. The average Bonchev–Trinajstić information content (AvgIpc) is 1.81. The standard InChI is InChI=1S/C4H2F3NO2S/c1-2-3-8-11(9,10)4(5,6)7/h1,3H. The predicted octanol–water partition coefficient (Wildman–Crippen LogP) is 0.540. The summed E-state index contributed by atoms with van der Waals surface area (Å²) >= 11 is 0. The molecule has 0 bridgehead atoms. The van der Waals surface area contributed by atoms with Crippen LogP contribution in [0.5, 0.6) is 0 Å². The fourth-order valence-electron chi connectivity index (χ4n) is 0.160. The molecule has 0 saturated heterocycles. The molecule has 0 aromatic rings. The quantitative estimate of drug-likeness (QED) is 0.442. The van der Waals surface area contributed by atoms with Gasteiger partial charge < -0.3 is 0 Å². The number of halogens is 3. The first kappa shape index (κ1) is 9.97. The molecule has 0 heterocycles. The van der Waals surface area contributed by atoms with Crippen molar-refractivity contribution in [1.82, 2.24) is 0 Å². The van der Waals surface area contributed by atoms with Gasteiger partial charge in [0, 0.05) is 0 Å². The molecule has 0 N–H and O–H groups in total. The Morgan fingerprint density at radius 1 is 1.45 bits per heavy atom. The molecule has 0 unspecified atom stereocenters. The third-order valence-corrected chi connectivity index (χ3v) is 1.53. The fourth-order valence-corrected chi connectivity index (χ4v) is 0.479. The highest BCUT2D eigenvalue weighted by Crippen LogP contribution is 2.23. The lowest BCUT2D eigenvalue weighted by Gasteiger charge is -1.99. The Bertz CT molecular complexity index is 294. The molecule has 0 atom stereocenters. The maximum absolute atomic E-state index is 11.4. The molecule has 0 aromatic heterocycles. The van der Waals surface area contributed by atoms with Gasteiger partial charge in [0.05, 0.1) is 6.21 Å². The first-order chi connectivity index (χ1) is 4.81. The van der Waals surface area contributed by atoms with Gasteiger partial charge in [0.2, 0.25) is 0 Å². The van der Waals surface area contributed by atoms with Crippen LogP contribution in [0.3, 0.4) is 0 Å². The van der Waals surface area contributed by atoms with Gasteiger partial charge in [-0.3, -0.25) is 0 Å². The minimum absolute atomic E-state index is 0.225. The minimum Gasteiger partial charge on any atom is -0.195 e. The Labute approximate surface area is 61.0 Å². The highest BCUT2D eigenvalue weighted by atomic mass is 32.2. The van der Waals surface area contributed by atoms with E-state index in [1.807, 2.05) is 0 Å². The van der Waals surface area contributed by atoms with Crippen LogP contribution < -0.4 is 0 Å². The summed E-state index contributed by atoms with van der Waals surface area (Å²) in [5.74, 6) is 1.53. The monoisotopic (exact) mass is 185 g/mol. The molecule has 0 radical (unpaired) electrons. The van der Waals surface area contributed by atoms with E-state index in [1.54, 1.807) is 0 Å². The summed E-state index contributed by atoms with van der Waals surface area (Å²) in [5, 5.41) is 0. The third kappa shape index (κ3) is 2.59. The number of alkyl halides is 3.